The van der Waals surface area contributed by atoms with E-state index in [9.17, 15) is 14.4 Å². The zero-order chi connectivity index (χ0) is 19.3. The van der Waals surface area contributed by atoms with E-state index in [4.69, 9.17) is 4.74 Å². The highest BCUT2D eigenvalue weighted by Gasteiger charge is 2.33. The molecule has 2 heterocycles. The van der Waals surface area contributed by atoms with Crippen molar-refractivity contribution in [2.75, 3.05) is 33.4 Å². The normalized spacial score (nSPS) is 21.7. The lowest BCUT2D eigenvalue weighted by atomic mass is 9.79. The van der Waals surface area contributed by atoms with Crippen LogP contribution in [0.2, 0.25) is 0 Å². The number of hydrogen-bond acceptors (Lipinski definition) is 5. The highest BCUT2D eigenvalue weighted by atomic mass is 16.5. The van der Waals surface area contributed by atoms with Gasteiger partial charge in [0.1, 0.15) is 0 Å². The molecule has 1 aromatic carbocycles. The lowest BCUT2D eigenvalue weighted by Gasteiger charge is -2.37. The quantitative estimate of drug-likeness (QED) is 0.610. The molecule has 3 N–H and O–H groups in total. The molecule has 0 spiro atoms. The van der Waals surface area contributed by atoms with Crippen molar-refractivity contribution >= 4 is 17.7 Å². The number of ether oxygens (including phenoxy) is 1. The summed E-state index contributed by atoms with van der Waals surface area (Å²) in [7, 11) is 1.70. The Morgan fingerprint density at radius 1 is 1.22 bits per heavy atom. The van der Waals surface area contributed by atoms with Gasteiger partial charge in [-0.25, -0.2) is 0 Å². The topological polar surface area (TPSA) is 96.5 Å². The molecule has 3 rings (SSSR count). The summed E-state index contributed by atoms with van der Waals surface area (Å²) in [6.45, 7) is 3.10. The van der Waals surface area contributed by atoms with Gasteiger partial charge in [-0.1, -0.05) is 12.1 Å². The van der Waals surface area contributed by atoms with E-state index in [0.29, 0.717) is 25.1 Å². The van der Waals surface area contributed by atoms with Crippen LogP contribution >= 0.6 is 0 Å². The van der Waals surface area contributed by atoms with Gasteiger partial charge in [-0.05, 0) is 50.0 Å². The smallest absolute Gasteiger partial charge is 0.251 e. The Balaban J connectivity index is 1.55. The number of amides is 3. The Hall–Kier alpha value is -2.25. The lowest BCUT2D eigenvalue weighted by molar-refractivity contribution is -0.125. The molecule has 3 amide bonds. The molecular formula is C20H27N3O4. The lowest BCUT2D eigenvalue weighted by Crippen LogP contribution is -2.47. The minimum absolute atomic E-state index is 0.0159. The van der Waals surface area contributed by atoms with Crippen LogP contribution in [0.1, 0.15) is 35.2 Å². The van der Waals surface area contributed by atoms with Crippen LogP contribution in [0.25, 0.3) is 0 Å². The molecular weight excluding hydrogens is 346 g/mol. The fourth-order valence-electron chi connectivity index (χ4n) is 3.85. The summed E-state index contributed by atoms with van der Waals surface area (Å²) in [5.41, 5.74) is 1.51. The first-order chi connectivity index (χ1) is 13.0. The van der Waals surface area contributed by atoms with Gasteiger partial charge in [0, 0.05) is 31.1 Å². The largest absolute Gasteiger partial charge is 0.384 e. The van der Waals surface area contributed by atoms with Gasteiger partial charge in [-0.3, -0.25) is 19.7 Å². The van der Waals surface area contributed by atoms with Crippen molar-refractivity contribution in [3.05, 3.63) is 35.4 Å². The minimum atomic E-state index is -0.314. The van der Waals surface area contributed by atoms with E-state index >= 15 is 0 Å². The van der Waals surface area contributed by atoms with Crippen molar-refractivity contribution < 1.29 is 19.1 Å². The van der Waals surface area contributed by atoms with E-state index in [1.807, 2.05) is 12.1 Å². The van der Waals surface area contributed by atoms with Gasteiger partial charge >= 0.3 is 0 Å². The summed E-state index contributed by atoms with van der Waals surface area (Å²) in [6.07, 6.45) is 2.69. The summed E-state index contributed by atoms with van der Waals surface area (Å²) in [4.78, 5) is 35.5. The molecule has 2 fully saturated rings. The fourth-order valence-corrected chi connectivity index (χ4v) is 3.85. The maximum absolute atomic E-state index is 12.5. The Morgan fingerprint density at radius 3 is 2.52 bits per heavy atom. The second-order valence-electron chi connectivity index (χ2n) is 7.58. The van der Waals surface area contributed by atoms with Gasteiger partial charge in [0.25, 0.3) is 5.91 Å². The molecule has 0 aliphatic carbocycles. The first kappa shape index (κ1) is 19.5. The van der Waals surface area contributed by atoms with Crippen LogP contribution in [0, 0.1) is 11.3 Å². The predicted octanol–water partition coefficient (Wildman–Crippen LogP) is 0.638. The first-order valence-electron chi connectivity index (χ1n) is 9.42. The molecule has 7 nitrogen and oxygen atoms in total. The molecule has 0 saturated carbocycles. The summed E-state index contributed by atoms with van der Waals surface area (Å²) in [5.74, 6) is -0.855. The average molecular weight is 373 g/mol. The predicted molar refractivity (Wildman–Crippen MR) is 100 cm³/mol. The number of hydrogen-bond donors (Lipinski definition) is 3. The zero-order valence-corrected chi connectivity index (χ0v) is 15.7. The average Bonchev–Trinajstić information content (AvgIpc) is 2.98. The van der Waals surface area contributed by atoms with Crippen molar-refractivity contribution in [1.29, 1.82) is 0 Å². The number of benzene rings is 1. The number of nitrogens with one attached hydrogen (secondary N) is 3. The van der Waals surface area contributed by atoms with Gasteiger partial charge in [-0.2, -0.15) is 0 Å². The van der Waals surface area contributed by atoms with E-state index in [0.717, 1.165) is 31.5 Å². The molecule has 27 heavy (non-hydrogen) atoms. The molecule has 1 atom stereocenters. The Morgan fingerprint density at radius 2 is 1.93 bits per heavy atom. The Kier molecular flexibility index (Phi) is 6.23. The van der Waals surface area contributed by atoms with Gasteiger partial charge in [-0.15, -0.1) is 0 Å². The molecule has 146 valence electrons. The third kappa shape index (κ3) is 4.93. The molecule has 0 bridgehead atoms. The monoisotopic (exact) mass is 373 g/mol. The first-order valence-corrected chi connectivity index (χ1v) is 9.42. The summed E-state index contributed by atoms with van der Waals surface area (Å²) in [5, 5.41) is 8.71. The number of imide groups is 1. The maximum Gasteiger partial charge on any atom is 0.251 e. The second-order valence-corrected chi connectivity index (χ2v) is 7.58. The number of rotatable bonds is 7. The molecule has 1 aromatic rings. The zero-order valence-electron chi connectivity index (χ0n) is 15.7. The Bertz CT molecular complexity index is 690. The molecule has 2 aliphatic rings. The number of piperidine rings is 1. The van der Waals surface area contributed by atoms with Crippen molar-refractivity contribution in [3.63, 3.8) is 0 Å². The molecule has 2 saturated heterocycles. The van der Waals surface area contributed by atoms with E-state index in [1.165, 1.54) is 0 Å². The van der Waals surface area contributed by atoms with Crippen LogP contribution in [0.5, 0.6) is 0 Å². The van der Waals surface area contributed by atoms with Crippen LogP contribution in [-0.2, 0) is 20.7 Å². The van der Waals surface area contributed by atoms with E-state index in [1.54, 1.807) is 19.2 Å². The molecule has 2 aliphatic heterocycles. The van der Waals surface area contributed by atoms with E-state index in [-0.39, 0.29) is 35.5 Å². The van der Waals surface area contributed by atoms with Gasteiger partial charge < -0.3 is 15.4 Å². The fraction of sp³-hybridized carbons (Fsp3) is 0.550. The number of carbonyl (C=O) groups excluding carboxylic acids is 3. The highest BCUT2D eigenvalue weighted by molar-refractivity contribution is 6.03. The van der Waals surface area contributed by atoms with E-state index < -0.39 is 0 Å². The summed E-state index contributed by atoms with van der Waals surface area (Å²) >= 11 is 0. The molecule has 0 radical (unpaired) electrons. The van der Waals surface area contributed by atoms with Crippen molar-refractivity contribution in [2.45, 2.75) is 25.7 Å². The number of methoxy groups -OCH3 is 1. The van der Waals surface area contributed by atoms with Crippen LogP contribution in [-0.4, -0.2) is 51.1 Å². The third-order valence-electron chi connectivity index (χ3n) is 5.50. The van der Waals surface area contributed by atoms with Crippen LogP contribution in [0.15, 0.2) is 24.3 Å². The van der Waals surface area contributed by atoms with Crippen LogP contribution in [0.4, 0.5) is 0 Å². The summed E-state index contributed by atoms with van der Waals surface area (Å²) in [6, 6.07) is 7.23. The van der Waals surface area contributed by atoms with Crippen LogP contribution < -0.4 is 16.0 Å². The molecule has 1 unspecified atom stereocenters. The minimum Gasteiger partial charge on any atom is -0.384 e. The van der Waals surface area contributed by atoms with E-state index in [2.05, 4.69) is 16.0 Å². The van der Waals surface area contributed by atoms with Crippen molar-refractivity contribution in [2.24, 2.45) is 11.3 Å². The van der Waals surface area contributed by atoms with Crippen molar-refractivity contribution in [1.82, 2.24) is 16.0 Å². The standard InChI is InChI=1S/C20H27N3O4/c1-27-13-20(6-8-21-9-7-20)12-22-18(25)15-4-2-14(3-5-15)10-16-11-17(24)23-19(16)26/h2-5,16,21H,6-13H2,1H3,(H,22,25)(H,23,24,26). The Labute approximate surface area is 159 Å². The van der Waals surface area contributed by atoms with Gasteiger partial charge in [0.05, 0.1) is 12.5 Å². The maximum atomic E-state index is 12.5. The van der Waals surface area contributed by atoms with Gasteiger partial charge in [0.2, 0.25) is 11.8 Å². The second kappa shape index (κ2) is 8.63. The van der Waals surface area contributed by atoms with Crippen molar-refractivity contribution in [3.8, 4) is 0 Å². The number of carbonyl (C=O) groups is 3. The third-order valence-corrected chi connectivity index (χ3v) is 5.50. The highest BCUT2D eigenvalue weighted by Crippen LogP contribution is 2.28. The SMILES string of the molecule is COCC1(CNC(=O)c2ccc(CC3CC(=O)NC3=O)cc2)CCNCC1. The van der Waals surface area contributed by atoms with Crippen LogP contribution in [0.3, 0.4) is 0 Å². The molecule has 7 heteroatoms. The summed E-state index contributed by atoms with van der Waals surface area (Å²) < 4.78 is 5.38. The van der Waals surface area contributed by atoms with Gasteiger partial charge in [0.15, 0.2) is 0 Å². The molecule has 0 aromatic heterocycles.